The van der Waals surface area contributed by atoms with Crippen molar-refractivity contribution in [3.05, 3.63) is 48.9 Å². The molecular weight excluding hydrogens is 210 g/mol. The van der Waals surface area contributed by atoms with Crippen molar-refractivity contribution >= 4 is 23.3 Å². The maximum absolute atomic E-state index is 3.94. The molecule has 2 aromatic heterocycles. The Morgan fingerprint density at radius 3 is 2.80 bits per heavy atom. The molecule has 3 nitrogen and oxygen atoms in total. The van der Waals surface area contributed by atoms with Crippen molar-refractivity contribution in [1.29, 1.82) is 0 Å². The molecule has 0 radical (unpaired) electrons. The van der Waals surface area contributed by atoms with Crippen LogP contribution in [-0.2, 0) is 0 Å². The van der Waals surface area contributed by atoms with Gasteiger partial charge in [0, 0.05) is 12.4 Å². The van der Waals surface area contributed by atoms with Gasteiger partial charge in [-0.25, -0.2) is 0 Å². The van der Waals surface area contributed by atoms with E-state index >= 15 is 0 Å². The molecule has 76 valence electrons. The molecule has 0 saturated carbocycles. The second-order valence-corrected chi connectivity index (χ2v) is 3.20. The first-order valence-electron chi connectivity index (χ1n) is 4.50. The van der Waals surface area contributed by atoms with Crippen molar-refractivity contribution in [2.24, 2.45) is 0 Å². The first kappa shape index (κ1) is 9.80. The van der Waals surface area contributed by atoms with E-state index < -0.39 is 0 Å². The Bertz CT molecular complexity index is 554. The molecule has 3 rings (SSSR count). The Morgan fingerprint density at radius 1 is 1.13 bits per heavy atom. The van der Waals surface area contributed by atoms with Crippen LogP contribution in [0.4, 0.5) is 0 Å². The van der Waals surface area contributed by atoms with Gasteiger partial charge in [0.05, 0.1) is 17.4 Å². The fraction of sp³-hybridized carbons (Fsp3) is 0. The zero-order chi connectivity index (χ0) is 9.38. The first-order valence-corrected chi connectivity index (χ1v) is 4.50. The number of hydrogen-bond donors (Lipinski definition) is 1. The van der Waals surface area contributed by atoms with Crippen molar-refractivity contribution < 1.29 is 0 Å². The monoisotopic (exact) mass is 219 g/mol. The highest BCUT2D eigenvalue weighted by Gasteiger charge is 2.01. The molecular formula is C11H10ClN3. The molecule has 2 heterocycles. The summed E-state index contributed by atoms with van der Waals surface area (Å²) in [6.45, 7) is 0. The summed E-state index contributed by atoms with van der Waals surface area (Å²) in [6.07, 6.45) is 5.74. The lowest BCUT2D eigenvalue weighted by molar-refractivity contribution is 1.09. The van der Waals surface area contributed by atoms with Gasteiger partial charge >= 0.3 is 0 Å². The molecule has 0 amide bonds. The molecule has 1 aromatic carbocycles. The average molecular weight is 220 g/mol. The van der Waals surface area contributed by atoms with Crippen LogP contribution in [-0.4, -0.2) is 14.8 Å². The van der Waals surface area contributed by atoms with Gasteiger partial charge in [0.25, 0.3) is 0 Å². The SMILES string of the molecule is Cl.c1ccc2c(c1)ccn2-c1cn[nH]c1. The van der Waals surface area contributed by atoms with Crippen LogP contribution in [0.2, 0.25) is 0 Å². The molecule has 0 aliphatic carbocycles. The van der Waals surface area contributed by atoms with Crippen LogP contribution in [0.1, 0.15) is 0 Å². The highest BCUT2D eigenvalue weighted by molar-refractivity contribution is 5.85. The third-order valence-electron chi connectivity index (χ3n) is 2.36. The van der Waals surface area contributed by atoms with Gasteiger partial charge in [-0.3, -0.25) is 5.10 Å². The Kier molecular flexibility index (Phi) is 2.47. The number of benzene rings is 1. The lowest BCUT2D eigenvalue weighted by Gasteiger charge is -1.99. The number of aromatic nitrogens is 3. The van der Waals surface area contributed by atoms with E-state index in [2.05, 4.69) is 39.2 Å². The van der Waals surface area contributed by atoms with E-state index in [9.17, 15) is 0 Å². The van der Waals surface area contributed by atoms with Crippen molar-refractivity contribution in [3.8, 4) is 5.69 Å². The summed E-state index contributed by atoms with van der Waals surface area (Å²) >= 11 is 0. The van der Waals surface area contributed by atoms with Crippen LogP contribution in [0.3, 0.4) is 0 Å². The molecule has 0 saturated heterocycles. The van der Waals surface area contributed by atoms with Gasteiger partial charge < -0.3 is 4.57 Å². The second-order valence-electron chi connectivity index (χ2n) is 3.20. The Labute approximate surface area is 93.1 Å². The van der Waals surface area contributed by atoms with Gasteiger partial charge in [-0.1, -0.05) is 18.2 Å². The molecule has 0 aliphatic rings. The first-order chi connectivity index (χ1) is 6.95. The largest absolute Gasteiger partial charge is 0.314 e. The van der Waals surface area contributed by atoms with Crippen LogP contribution >= 0.6 is 12.4 Å². The summed E-state index contributed by atoms with van der Waals surface area (Å²) < 4.78 is 2.11. The zero-order valence-corrected chi connectivity index (χ0v) is 8.74. The second kappa shape index (κ2) is 3.79. The van der Waals surface area contributed by atoms with Crippen LogP contribution in [0, 0.1) is 0 Å². The number of H-pyrrole nitrogens is 1. The predicted molar refractivity (Wildman–Crippen MR) is 62.7 cm³/mol. The molecule has 0 aliphatic heterocycles. The minimum atomic E-state index is 0. The molecule has 4 heteroatoms. The topological polar surface area (TPSA) is 33.6 Å². The molecule has 1 N–H and O–H groups in total. The summed E-state index contributed by atoms with van der Waals surface area (Å²) in [5.74, 6) is 0. The van der Waals surface area contributed by atoms with Crippen LogP contribution in [0.25, 0.3) is 16.6 Å². The van der Waals surface area contributed by atoms with E-state index in [-0.39, 0.29) is 12.4 Å². The predicted octanol–water partition coefficient (Wildman–Crippen LogP) is 2.78. The van der Waals surface area contributed by atoms with Gasteiger partial charge in [-0.05, 0) is 17.5 Å². The van der Waals surface area contributed by atoms with E-state index in [0.717, 1.165) is 5.69 Å². The normalized spacial score (nSPS) is 10.1. The number of halogens is 1. The summed E-state index contributed by atoms with van der Waals surface area (Å²) in [4.78, 5) is 0. The number of nitrogens with zero attached hydrogens (tertiary/aromatic N) is 2. The Hall–Kier alpha value is -1.74. The lowest BCUT2D eigenvalue weighted by Crippen LogP contribution is -1.87. The van der Waals surface area contributed by atoms with E-state index in [4.69, 9.17) is 0 Å². The number of para-hydroxylation sites is 1. The number of aromatic amines is 1. The van der Waals surface area contributed by atoms with Gasteiger partial charge in [-0.15, -0.1) is 12.4 Å². The van der Waals surface area contributed by atoms with Crippen LogP contribution in [0.5, 0.6) is 0 Å². The third kappa shape index (κ3) is 1.51. The van der Waals surface area contributed by atoms with Crippen LogP contribution < -0.4 is 0 Å². The fourth-order valence-corrected chi connectivity index (χ4v) is 1.68. The molecule has 15 heavy (non-hydrogen) atoms. The highest BCUT2D eigenvalue weighted by Crippen LogP contribution is 2.18. The fourth-order valence-electron chi connectivity index (χ4n) is 1.68. The molecule has 3 aromatic rings. The van der Waals surface area contributed by atoms with Gasteiger partial charge in [0.1, 0.15) is 0 Å². The van der Waals surface area contributed by atoms with E-state index in [1.54, 1.807) is 0 Å². The van der Waals surface area contributed by atoms with E-state index in [1.807, 2.05) is 24.5 Å². The summed E-state index contributed by atoms with van der Waals surface area (Å²) in [7, 11) is 0. The van der Waals surface area contributed by atoms with E-state index in [0.29, 0.717) is 0 Å². The Balaban J connectivity index is 0.000000853. The molecule has 0 unspecified atom stereocenters. The number of fused-ring (bicyclic) bond motifs is 1. The lowest BCUT2D eigenvalue weighted by atomic mass is 10.2. The maximum Gasteiger partial charge on any atom is 0.0835 e. The number of rotatable bonds is 1. The standard InChI is InChI=1S/C11H9N3.ClH/c1-2-4-11-9(3-1)5-6-14(11)10-7-12-13-8-10;/h1-8H,(H,12,13);1H. The molecule has 0 fully saturated rings. The summed E-state index contributed by atoms with van der Waals surface area (Å²) in [5.41, 5.74) is 2.26. The number of hydrogen-bond acceptors (Lipinski definition) is 1. The molecule has 0 spiro atoms. The highest BCUT2D eigenvalue weighted by atomic mass is 35.5. The minimum absolute atomic E-state index is 0. The maximum atomic E-state index is 3.94. The van der Waals surface area contributed by atoms with Crippen molar-refractivity contribution in [2.45, 2.75) is 0 Å². The van der Waals surface area contributed by atoms with Crippen molar-refractivity contribution in [3.63, 3.8) is 0 Å². The van der Waals surface area contributed by atoms with Gasteiger partial charge in [0.15, 0.2) is 0 Å². The Morgan fingerprint density at radius 2 is 2.00 bits per heavy atom. The molecule has 0 bridgehead atoms. The third-order valence-corrected chi connectivity index (χ3v) is 2.36. The summed E-state index contributed by atoms with van der Waals surface area (Å²) in [5, 5.41) is 8.00. The summed E-state index contributed by atoms with van der Waals surface area (Å²) in [6, 6.07) is 10.4. The zero-order valence-electron chi connectivity index (χ0n) is 7.92. The van der Waals surface area contributed by atoms with E-state index in [1.165, 1.54) is 10.9 Å². The van der Waals surface area contributed by atoms with Crippen LogP contribution in [0.15, 0.2) is 48.9 Å². The smallest absolute Gasteiger partial charge is 0.0835 e. The minimum Gasteiger partial charge on any atom is -0.314 e. The van der Waals surface area contributed by atoms with Gasteiger partial charge in [0.2, 0.25) is 0 Å². The van der Waals surface area contributed by atoms with Crippen molar-refractivity contribution in [1.82, 2.24) is 14.8 Å². The molecule has 0 atom stereocenters. The quantitative estimate of drug-likeness (QED) is 0.671. The van der Waals surface area contributed by atoms with Gasteiger partial charge in [-0.2, -0.15) is 5.10 Å². The average Bonchev–Trinajstić information content (AvgIpc) is 2.85. The number of nitrogens with one attached hydrogen (secondary N) is 1. The van der Waals surface area contributed by atoms with Crippen molar-refractivity contribution in [2.75, 3.05) is 0 Å².